The summed E-state index contributed by atoms with van der Waals surface area (Å²) in [6.45, 7) is 1.95. The minimum absolute atomic E-state index is 0.0725. The Kier molecular flexibility index (Phi) is 7.44. The molecule has 1 amide bonds. The molecule has 0 aliphatic carbocycles. The number of Topliss-reactive ketones (excluding diaryl/α,β-unsaturated/α-hetero) is 1. The average molecular weight is 378 g/mol. The first-order valence-electron chi connectivity index (χ1n) is 7.95. The maximum absolute atomic E-state index is 12.2. The van der Waals surface area contributed by atoms with Crippen molar-refractivity contribution in [2.75, 3.05) is 32.2 Å². The number of hydrogen-bond acceptors (Lipinski definition) is 5. The van der Waals surface area contributed by atoms with E-state index in [9.17, 15) is 9.59 Å². The van der Waals surface area contributed by atoms with Gasteiger partial charge in [-0.15, -0.1) is 0 Å². The van der Waals surface area contributed by atoms with E-state index >= 15 is 0 Å². The number of methoxy groups -OCH3 is 1. The molecule has 2 aromatic rings. The number of carbonyl (C=O) groups is 2. The maximum Gasteiger partial charge on any atom is 0.262 e. The predicted octanol–water partition coefficient (Wildman–Crippen LogP) is 3.59. The molecule has 0 bridgehead atoms. The quantitative estimate of drug-likeness (QED) is 0.534. The van der Waals surface area contributed by atoms with Crippen LogP contribution < -0.4 is 14.8 Å². The number of halogens is 1. The van der Waals surface area contributed by atoms with E-state index in [4.69, 9.17) is 25.8 Å². The first-order chi connectivity index (χ1) is 12.5. The fourth-order valence-electron chi connectivity index (χ4n) is 2.12. The Labute approximate surface area is 157 Å². The summed E-state index contributed by atoms with van der Waals surface area (Å²) in [5.41, 5.74) is 0.964. The molecule has 26 heavy (non-hydrogen) atoms. The maximum atomic E-state index is 12.2. The number of para-hydroxylation sites is 1. The van der Waals surface area contributed by atoms with Gasteiger partial charge in [-0.05, 0) is 31.2 Å². The van der Waals surface area contributed by atoms with E-state index in [1.165, 1.54) is 6.92 Å². The van der Waals surface area contributed by atoms with E-state index in [0.29, 0.717) is 41.0 Å². The summed E-state index contributed by atoms with van der Waals surface area (Å²) >= 11 is 6.13. The van der Waals surface area contributed by atoms with Crippen LogP contribution in [0.4, 0.5) is 5.69 Å². The van der Waals surface area contributed by atoms with Crippen molar-refractivity contribution >= 4 is 29.0 Å². The topological polar surface area (TPSA) is 73.9 Å². The summed E-state index contributed by atoms with van der Waals surface area (Å²) in [4.78, 5) is 23.6. The lowest BCUT2D eigenvalue weighted by Crippen LogP contribution is -2.21. The molecule has 6 nitrogen and oxygen atoms in total. The van der Waals surface area contributed by atoms with E-state index < -0.39 is 0 Å². The number of ketones is 1. The van der Waals surface area contributed by atoms with Crippen molar-refractivity contribution in [3.05, 3.63) is 53.1 Å². The van der Waals surface area contributed by atoms with Gasteiger partial charge in [-0.3, -0.25) is 9.59 Å². The third-order valence-electron chi connectivity index (χ3n) is 3.39. The molecule has 0 aliphatic rings. The molecule has 138 valence electrons. The van der Waals surface area contributed by atoms with E-state index in [1.54, 1.807) is 49.6 Å². The summed E-state index contributed by atoms with van der Waals surface area (Å²) in [7, 11) is 1.57. The van der Waals surface area contributed by atoms with Gasteiger partial charge in [-0.1, -0.05) is 29.8 Å². The first-order valence-corrected chi connectivity index (χ1v) is 8.33. The van der Waals surface area contributed by atoms with Gasteiger partial charge in [0.05, 0.1) is 17.3 Å². The number of carbonyl (C=O) groups excluding carboxylic acids is 2. The van der Waals surface area contributed by atoms with Crippen molar-refractivity contribution in [2.24, 2.45) is 0 Å². The number of anilines is 1. The van der Waals surface area contributed by atoms with Crippen LogP contribution >= 0.6 is 11.6 Å². The molecule has 0 radical (unpaired) electrons. The Morgan fingerprint density at radius 1 is 1.08 bits per heavy atom. The zero-order chi connectivity index (χ0) is 18.9. The summed E-state index contributed by atoms with van der Waals surface area (Å²) in [5.74, 6) is 0.363. The van der Waals surface area contributed by atoms with Crippen molar-refractivity contribution in [2.45, 2.75) is 6.92 Å². The summed E-state index contributed by atoms with van der Waals surface area (Å²) < 4.78 is 15.9. The van der Waals surface area contributed by atoms with Crippen LogP contribution in [0.5, 0.6) is 11.5 Å². The van der Waals surface area contributed by atoms with Gasteiger partial charge in [-0.2, -0.15) is 0 Å². The zero-order valence-corrected chi connectivity index (χ0v) is 15.3. The Bertz CT molecular complexity index is 778. The second-order valence-electron chi connectivity index (χ2n) is 5.38. The van der Waals surface area contributed by atoms with Gasteiger partial charge >= 0.3 is 0 Å². The molecule has 0 aliphatic heterocycles. The second kappa shape index (κ2) is 9.79. The van der Waals surface area contributed by atoms with Gasteiger partial charge < -0.3 is 19.5 Å². The molecule has 0 saturated heterocycles. The molecular formula is C19H20ClNO5. The van der Waals surface area contributed by atoms with Crippen LogP contribution in [0.1, 0.15) is 17.3 Å². The van der Waals surface area contributed by atoms with Gasteiger partial charge in [0.15, 0.2) is 18.1 Å². The van der Waals surface area contributed by atoms with Crippen LogP contribution in [-0.4, -0.2) is 38.6 Å². The smallest absolute Gasteiger partial charge is 0.262 e. The van der Waals surface area contributed by atoms with E-state index in [0.717, 1.165) is 0 Å². The summed E-state index contributed by atoms with van der Waals surface area (Å²) in [6, 6.07) is 11.7. The number of nitrogens with one attached hydrogen (secondary N) is 1. The summed E-state index contributed by atoms with van der Waals surface area (Å²) in [6.07, 6.45) is 0. The van der Waals surface area contributed by atoms with Crippen molar-refractivity contribution < 1.29 is 23.8 Å². The second-order valence-corrected chi connectivity index (χ2v) is 5.79. The van der Waals surface area contributed by atoms with Crippen molar-refractivity contribution in [1.29, 1.82) is 0 Å². The van der Waals surface area contributed by atoms with Crippen LogP contribution in [0.2, 0.25) is 5.02 Å². The molecule has 0 unspecified atom stereocenters. The minimum Gasteiger partial charge on any atom is -0.487 e. The number of hydrogen-bond donors (Lipinski definition) is 1. The molecule has 1 N–H and O–H groups in total. The minimum atomic E-state index is -0.378. The molecule has 2 aromatic carbocycles. The average Bonchev–Trinajstić information content (AvgIpc) is 2.62. The molecule has 0 fully saturated rings. The molecule has 0 heterocycles. The highest BCUT2D eigenvalue weighted by Crippen LogP contribution is 2.32. The van der Waals surface area contributed by atoms with E-state index in [2.05, 4.69) is 5.32 Å². The number of benzene rings is 2. The van der Waals surface area contributed by atoms with Crippen LogP contribution in [0.3, 0.4) is 0 Å². The molecule has 0 aromatic heterocycles. The van der Waals surface area contributed by atoms with Crippen LogP contribution in [0, 0.1) is 0 Å². The molecule has 0 spiro atoms. The number of ether oxygens (including phenoxy) is 3. The fraction of sp³-hybridized carbons (Fsp3) is 0.263. The third-order valence-corrected chi connectivity index (χ3v) is 3.68. The lowest BCUT2D eigenvalue weighted by molar-refractivity contribution is -0.118. The van der Waals surface area contributed by atoms with Crippen molar-refractivity contribution in [3.8, 4) is 11.5 Å². The lowest BCUT2D eigenvalue weighted by Gasteiger charge is -2.14. The van der Waals surface area contributed by atoms with Crippen LogP contribution in [0.15, 0.2) is 42.5 Å². The predicted molar refractivity (Wildman–Crippen MR) is 99.4 cm³/mol. The largest absolute Gasteiger partial charge is 0.487 e. The monoisotopic (exact) mass is 377 g/mol. The highest BCUT2D eigenvalue weighted by atomic mass is 35.5. The Morgan fingerprint density at radius 3 is 2.58 bits per heavy atom. The number of rotatable bonds is 9. The number of amides is 1. The van der Waals surface area contributed by atoms with E-state index in [-0.39, 0.29) is 18.3 Å². The standard InChI is InChI=1S/C19H20ClNO5/c1-13(22)14-5-3-6-15(11-14)26-12-18(23)21-17-8-4-7-16(20)19(17)25-10-9-24-2/h3-8,11H,9-10,12H2,1-2H3,(H,21,23). The Morgan fingerprint density at radius 2 is 1.85 bits per heavy atom. The third kappa shape index (κ3) is 5.75. The fourth-order valence-corrected chi connectivity index (χ4v) is 2.35. The zero-order valence-electron chi connectivity index (χ0n) is 14.6. The van der Waals surface area contributed by atoms with Crippen molar-refractivity contribution in [3.63, 3.8) is 0 Å². The van der Waals surface area contributed by atoms with Crippen molar-refractivity contribution in [1.82, 2.24) is 0 Å². The van der Waals surface area contributed by atoms with E-state index in [1.807, 2.05) is 0 Å². The highest BCUT2D eigenvalue weighted by molar-refractivity contribution is 6.32. The Balaban J connectivity index is 1.98. The molecule has 0 saturated carbocycles. The van der Waals surface area contributed by atoms with Gasteiger partial charge in [-0.25, -0.2) is 0 Å². The summed E-state index contributed by atoms with van der Waals surface area (Å²) in [5, 5.41) is 3.09. The Hall–Kier alpha value is -2.57. The molecular weight excluding hydrogens is 358 g/mol. The van der Waals surface area contributed by atoms with Gasteiger partial charge in [0.2, 0.25) is 0 Å². The highest BCUT2D eigenvalue weighted by Gasteiger charge is 2.12. The van der Waals surface area contributed by atoms with Gasteiger partial charge in [0, 0.05) is 12.7 Å². The van der Waals surface area contributed by atoms with Crippen LogP contribution in [0.25, 0.3) is 0 Å². The first kappa shape index (κ1) is 19.8. The molecule has 7 heteroatoms. The SMILES string of the molecule is COCCOc1c(Cl)cccc1NC(=O)COc1cccc(C(C)=O)c1. The van der Waals surface area contributed by atoms with Gasteiger partial charge in [0.25, 0.3) is 5.91 Å². The normalized spacial score (nSPS) is 10.3. The molecule has 0 atom stereocenters. The van der Waals surface area contributed by atoms with Gasteiger partial charge in [0.1, 0.15) is 12.4 Å². The van der Waals surface area contributed by atoms with Crippen LogP contribution in [-0.2, 0) is 9.53 Å². The lowest BCUT2D eigenvalue weighted by atomic mass is 10.1. The molecule has 2 rings (SSSR count).